The van der Waals surface area contributed by atoms with Gasteiger partial charge in [-0.1, -0.05) is 30.6 Å². The molecule has 0 amide bonds. The Kier molecular flexibility index (Phi) is 21.9. The first-order valence-corrected chi connectivity index (χ1v) is 25.4. The zero-order valence-corrected chi connectivity index (χ0v) is 46.4. The van der Waals surface area contributed by atoms with E-state index in [0.717, 1.165) is 85.8 Å². The van der Waals surface area contributed by atoms with Crippen LogP contribution in [0.25, 0.3) is 67.4 Å². The third-order valence-corrected chi connectivity index (χ3v) is 12.9. The Labute approximate surface area is 478 Å². The maximum absolute atomic E-state index is 14.5. The number of H-pyrrole nitrogens is 2. The normalized spacial score (nSPS) is 17.5. The molecule has 0 bridgehead atoms. The minimum atomic E-state index is -1.26. The molecule has 8 aromatic rings. The van der Waals surface area contributed by atoms with Crippen LogP contribution in [0.5, 0.6) is 0 Å². The molecule has 0 unspecified atom stereocenters. The van der Waals surface area contributed by atoms with E-state index in [4.69, 9.17) is 43.4 Å². The van der Waals surface area contributed by atoms with Crippen LogP contribution in [0.15, 0.2) is 110 Å². The topological polar surface area (TPSA) is 238 Å². The highest BCUT2D eigenvalue weighted by molar-refractivity contribution is 14.0. The van der Waals surface area contributed by atoms with Gasteiger partial charge in [0.05, 0.1) is 81.3 Å². The van der Waals surface area contributed by atoms with Crippen molar-refractivity contribution in [2.45, 2.75) is 59.3 Å². The third-order valence-electron chi connectivity index (χ3n) is 12.4. The lowest BCUT2D eigenvalue weighted by Gasteiger charge is -2.36. The number of nitrogens with zero attached hydrogens (tertiary/aromatic N) is 8. The summed E-state index contributed by atoms with van der Waals surface area (Å²) in [6.07, 6.45) is 7.84. The molecule has 2 fully saturated rings. The summed E-state index contributed by atoms with van der Waals surface area (Å²) in [4.78, 5) is 57.6. The lowest BCUT2D eigenvalue weighted by molar-refractivity contribution is -0.134. The van der Waals surface area contributed by atoms with Crippen molar-refractivity contribution < 1.29 is 28.6 Å². The fourth-order valence-electron chi connectivity index (χ4n) is 9.34. The SMILES string of the molecule is C.C[C@@H]1CN(CCNc2cnc3ccc(-c4[nH]cnc4-c4cc(Cl)ccc4F)nc3c2)C[C@H](C)N1.C[C@@H]1CN(CCNc2cnc3ccc(-c4[nH]cnc4-c4cc(Cl)ccc4F)nc3c2)C[C@H](C)N1.I.O=C(O)/C=C/C(=O)O. The van der Waals surface area contributed by atoms with E-state index >= 15 is 0 Å². The van der Waals surface area contributed by atoms with E-state index < -0.39 is 11.9 Å². The third kappa shape index (κ3) is 16.4. The maximum atomic E-state index is 14.5. The van der Waals surface area contributed by atoms with Crippen molar-refractivity contribution >= 4 is 92.6 Å². The Morgan fingerprint density at radius 2 is 0.987 bits per heavy atom. The van der Waals surface area contributed by atoms with Crippen molar-refractivity contribution in [1.82, 2.24) is 60.3 Å². The van der Waals surface area contributed by atoms with Gasteiger partial charge in [-0.15, -0.1) is 24.0 Å². The molecule has 2 aliphatic heterocycles. The van der Waals surface area contributed by atoms with E-state index in [9.17, 15) is 18.4 Å². The molecule has 10 rings (SSSR count). The summed E-state index contributed by atoms with van der Waals surface area (Å²) in [6, 6.07) is 22.4. The molecule has 6 aromatic heterocycles. The standard InChI is InChI=1S/2C25H27ClFN7.C4H4O4.CH4.HI/c2*1-15-12-34(13-16(2)32-15)8-7-28-18-10-23-21(29-11-18)5-6-22(33-23)25-24(30-14-31-25)19-9-17(26)3-4-20(19)27;5-3(6)1-2-4(7)8;;/h2*3-6,9-11,14-16,28,32H,7-8,12-13H2,1-2H3,(H,30,31);1-2H,(H,5,6)(H,7,8);1H4;1H/b;;2-1+;;/t2*15-,16+;;;. The van der Waals surface area contributed by atoms with Gasteiger partial charge in [-0.25, -0.2) is 38.3 Å². The number of aliphatic carboxylic acids is 2. The number of hydrogen-bond acceptors (Lipinski definition) is 14. The summed E-state index contributed by atoms with van der Waals surface area (Å²) in [6.45, 7) is 16.7. The highest BCUT2D eigenvalue weighted by Crippen LogP contribution is 2.34. The molecule has 8 N–H and O–H groups in total. The molecule has 0 radical (unpaired) electrons. The van der Waals surface area contributed by atoms with Crippen LogP contribution < -0.4 is 21.3 Å². The number of carboxylic acids is 2. The summed E-state index contributed by atoms with van der Waals surface area (Å²) in [5, 5.41) is 30.6. The van der Waals surface area contributed by atoms with Gasteiger partial charge in [0, 0.05) is 110 Å². The first kappa shape index (κ1) is 60.5. The predicted molar refractivity (Wildman–Crippen MR) is 316 cm³/mol. The number of carbonyl (C=O) groups is 2. The Morgan fingerprint density at radius 3 is 1.36 bits per heavy atom. The number of halogens is 5. The Bertz CT molecular complexity index is 3110. The first-order valence-electron chi connectivity index (χ1n) is 24.7. The number of anilines is 2. The van der Waals surface area contributed by atoms with Gasteiger partial charge in [0.2, 0.25) is 0 Å². The van der Waals surface area contributed by atoms with Crippen LogP contribution in [-0.4, -0.2) is 148 Å². The number of aromatic amines is 2. The van der Waals surface area contributed by atoms with Crippen molar-refractivity contribution in [2.75, 3.05) is 63.0 Å². The molecular formula is C55H63Cl2F2IN14O4. The summed E-state index contributed by atoms with van der Waals surface area (Å²) in [5.74, 6) is -3.29. The molecule has 8 heterocycles. The Hall–Kier alpha value is -6.73. The van der Waals surface area contributed by atoms with Gasteiger partial charge in [-0.2, -0.15) is 0 Å². The summed E-state index contributed by atoms with van der Waals surface area (Å²) < 4.78 is 28.9. The summed E-state index contributed by atoms with van der Waals surface area (Å²) in [7, 11) is 0. The molecular weight excluding hydrogens is 1160 g/mol. The van der Waals surface area contributed by atoms with Gasteiger partial charge in [-0.05, 0) is 100 Å². The molecule has 78 heavy (non-hydrogen) atoms. The second-order valence-corrected chi connectivity index (χ2v) is 19.6. The maximum Gasteiger partial charge on any atom is 0.328 e. The van der Waals surface area contributed by atoms with E-state index in [0.29, 0.717) is 91.7 Å². The first-order chi connectivity index (χ1) is 36.5. The van der Waals surface area contributed by atoms with Gasteiger partial charge >= 0.3 is 11.9 Å². The number of rotatable bonds is 14. The van der Waals surface area contributed by atoms with Crippen molar-refractivity contribution in [3.8, 4) is 45.3 Å². The van der Waals surface area contributed by atoms with Crippen molar-refractivity contribution in [3.63, 3.8) is 0 Å². The minimum absolute atomic E-state index is 0. The second-order valence-electron chi connectivity index (χ2n) is 18.7. The number of benzene rings is 2. The fourth-order valence-corrected chi connectivity index (χ4v) is 9.68. The van der Waals surface area contributed by atoms with Crippen LogP contribution in [0, 0.1) is 11.6 Å². The van der Waals surface area contributed by atoms with E-state index in [1.807, 2.05) is 48.8 Å². The minimum Gasteiger partial charge on any atom is -0.478 e. The van der Waals surface area contributed by atoms with Gasteiger partial charge in [0.1, 0.15) is 23.0 Å². The van der Waals surface area contributed by atoms with Crippen LogP contribution in [0.4, 0.5) is 20.2 Å². The van der Waals surface area contributed by atoms with E-state index in [2.05, 4.69) is 88.7 Å². The molecule has 2 aliphatic rings. The molecule has 23 heteroatoms. The Morgan fingerprint density at radius 1 is 0.603 bits per heavy atom. The van der Waals surface area contributed by atoms with Crippen LogP contribution in [0.1, 0.15) is 35.1 Å². The van der Waals surface area contributed by atoms with Gasteiger partial charge in [0.25, 0.3) is 0 Å². The van der Waals surface area contributed by atoms with E-state index in [1.54, 1.807) is 12.1 Å². The highest BCUT2D eigenvalue weighted by Gasteiger charge is 2.23. The van der Waals surface area contributed by atoms with Gasteiger partial charge in [0.15, 0.2) is 0 Å². The summed E-state index contributed by atoms with van der Waals surface area (Å²) >= 11 is 12.2. The average molecular weight is 1220 g/mol. The van der Waals surface area contributed by atoms with Crippen molar-refractivity contribution in [1.29, 1.82) is 0 Å². The van der Waals surface area contributed by atoms with E-state index in [-0.39, 0.29) is 43.0 Å². The number of pyridine rings is 4. The van der Waals surface area contributed by atoms with E-state index in [1.165, 1.54) is 36.9 Å². The lowest BCUT2D eigenvalue weighted by atomic mass is 10.1. The van der Waals surface area contributed by atoms with Crippen LogP contribution >= 0.6 is 47.2 Å². The lowest BCUT2D eigenvalue weighted by Crippen LogP contribution is -2.54. The number of aromatic nitrogens is 8. The molecule has 2 aromatic carbocycles. The van der Waals surface area contributed by atoms with Crippen molar-refractivity contribution in [3.05, 3.63) is 132 Å². The molecule has 4 atom stereocenters. The smallest absolute Gasteiger partial charge is 0.328 e. The van der Waals surface area contributed by atoms with Crippen LogP contribution in [-0.2, 0) is 9.59 Å². The van der Waals surface area contributed by atoms with Gasteiger partial charge < -0.3 is 41.4 Å². The zero-order valence-electron chi connectivity index (χ0n) is 42.6. The largest absolute Gasteiger partial charge is 0.478 e. The monoisotopic (exact) mass is 1220 g/mol. The second kappa shape index (κ2) is 28.2. The van der Waals surface area contributed by atoms with Crippen molar-refractivity contribution in [2.24, 2.45) is 0 Å². The highest BCUT2D eigenvalue weighted by atomic mass is 127. The number of carboxylic acid groups (broad SMARTS) is 2. The quantitative estimate of drug-likeness (QED) is 0.0373. The molecule has 2 saturated heterocycles. The molecule has 0 saturated carbocycles. The Balaban J connectivity index is 0.000000217. The fraction of sp³-hybridized carbons (Fsp3) is 0.309. The number of fused-ring (bicyclic) bond motifs is 2. The number of hydrogen-bond donors (Lipinski definition) is 8. The van der Waals surface area contributed by atoms with Crippen LogP contribution in [0.2, 0.25) is 10.0 Å². The average Bonchev–Trinajstić information content (AvgIpc) is 4.08. The van der Waals surface area contributed by atoms with Gasteiger partial charge in [-0.3, -0.25) is 19.8 Å². The number of imidazole rings is 2. The molecule has 412 valence electrons. The predicted octanol–water partition coefficient (Wildman–Crippen LogP) is 10.1. The molecule has 18 nitrogen and oxygen atoms in total. The zero-order chi connectivity index (χ0) is 53.9. The summed E-state index contributed by atoms with van der Waals surface area (Å²) in [5.41, 5.74) is 9.06. The van der Waals surface area contributed by atoms with Crippen LogP contribution in [0.3, 0.4) is 0 Å². The number of piperazine rings is 2. The molecule has 0 aliphatic carbocycles. The molecule has 0 spiro atoms. The number of nitrogens with one attached hydrogen (secondary N) is 6.